The zero-order valence-electron chi connectivity index (χ0n) is 12.5. The van der Waals surface area contributed by atoms with Gasteiger partial charge in [-0.05, 0) is 36.5 Å². The quantitative estimate of drug-likeness (QED) is 0.853. The molecule has 1 aromatic carbocycles. The Morgan fingerprint density at radius 2 is 2.32 bits per heavy atom. The summed E-state index contributed by atoms with van der Waals surface area (Å²) >= 11 is 3.50. The van der Waals surface area contributed by atoms with Crippen LogP contribution in [-0.4, -0.2) is 41.3 Å². The predicted octanol–water partition coefficient (Wildman–Crippen LogP) is 2.85. The summed E-state index contributed by atoms with van der Waals surface area (Å²) < 4.78 is 5.95. The number of ether oxygens (including phenoxy) is 1. The first-order valence-electron chi connectivity index (χ1n) is 7.47. The molecule has 1 aliphatic heterocycles. The van der Waals surface area contributed by atoms with Crippen LogP contribution in [0.4, 0.5) is 0 Å². The molecule has 2 fully saturated rings. The fraction of sp³-hybridized carbons (Fsp3) is 0.562. The average Bonchev–Trinajstić information content (AvgIpc) is 3.00. The van der Waals surface area contributed by atoms with Crippen LogP contribution in [0.5, 0.6) is 11.5 Å². The Balaban J connectivity index is 1.78. The van der Waals surface area contributed by atoms with Crippen LogP contribution in [0.1, 0.15) is 24.8 Å². The lowest BCUT2D eigenvalue weighted by atomic mass is 9.81. The van der Waals surface area contributed by atoms with E-state index < -0.39 is 11.4 Å². The van der Waals surface area contributed by atoms with Crippen LogP contribution >= 0.6 is 15.9 Å². The molecular formula is C16H20BrNO4. The number of hydrogen-bond acceptors (Lipinski definition) is 4. The lowest BCUT2D eigenvalue weighted by Gasteiger charge is -2.23. The van der Waals surface area contributed by atoms with E-state index in [1.807, 2.05) is 0 Å². The molecule has 1 saturated carbocycles. The summed E-state index contributed by atoms with van der Waals surface area (Å²) in [6.07, 6.45) is 2.79. The molecule has 3 rings (SSSR count). The number of carbonyl (C=O) groups is 1. The molecule has 1 saturated heterocycles. The summed E-state index contributed by atoms with van der Waals surface area (Å²) in [5.74, 6) is 0.119. The van der Waals surface area contributed by atoms with Gasteiger partial charge in [-0.2, -0.15) is 0 Å². The predicted molar refractivity (Wildman–Crippen MR) is 85.0 cm³/mol. The Hall–Kier alpha value is -1.27. The number of nitrogens with zero attached hydrogens (tertiary/aromatic N) is 1. The van der Waals surface area contributed by atoms with E-state index in [1.54, 1.807) is 12.1 Å². The third-order valence-electron chi connectivity index (χ3n) is 5.11. The van der Waals surface area contributed by atoms with Crippen molar-refractivity contribution < 1.29 is 19.7 Å². The van der Waals surface area contributed by atoms with Gasteiger partial charge in [0.2, 0.25) is 0 Å². The van der Waals surface area contributed by atoms with Crippen molar-refractivity contribution in [3.05, 3.63) is 22.2 Å². The standard InChI is InChI=1S/C16H20BrNO4/c1-22-14-6-12(17)10(5-13(14)19)7-18-8-11-3-2-4-16(11,9-18)15(20)21/h5-6,11,19H,2-4,7-9H2,1H3,(H,20,21)/t11-,16+/m0/s1. The molecule has 0 amide bonds. The molecule has 2 aliphatic rings. The largest absolute Gasteiger partial charge is 0.504 e. The minimum Gasteiger partial charge on any atom is -0.504 e. The molecular weight excluding hydrogens is 350 g/mol. The maximum absolute atomic E-state index is 11.7. The zero-order valence-corrected chi connectivity index (χ0v) is 14.1. The number of fused-ring (bicyclic) bond motifs is 1. The van der Waals surface area contributed by atoms with Crippen LogP contribution in [0.25, 0.3) is 0 Å². The number of halogens is 1. The number of phenols is 1. The number of aromatic hydroxyl groups is 1. The molecule has 1 aromatic rings. The number of likely N-dealkylation sites (tertiary alicyclic amines) is 1. The second kappa shape index (κ2) is 5.74. The van der Waals surface area contributed by atoms with Gasteiger partial charge in [-0.25, -0.2) is 0 Å². The molecule has 2 N–H and O–H groups in total. The van der Waals surface area contributed by atoms with Crippen molar-refractivity contribution in [1.82, 2.24) is 4.90 Å². The van der Waals surface area contributed by atoms with E-state index in [-0.39, 0.29) is 11.7 Å². The van der Waals surface area contributed by atoms with Gasteiger partial charge < -0.3 is 14.9 Å². The topological polar surface area (TPSA) is 70.0 Å². The highest BCUT2D eigenvalue weighted by molar-refractivity contribution is 9.10. The van der Waals surface area contributed by atoms with Crippen molar-refractivity contribution in [2.24, 2.45) is 11.3 Å². The number of rotatable bonds is 4. The summed E-state index contributed by atoms with van der Waals surface area (Å²) in [7, 11) is 1.51. The summed E-state index contributed by atoms with van der Waals surface area (Å²) in [4.78, 5) is 13.9. The second-order valence-electron chi connectivity index (χ2n) is 6.34. The Morgan fingerprint density at radius 1 is 1.55 bits per heavy atom. The van der Waals surface area contributed by atoms with Crippen LogP contribution in [0.3, 0.4) is 0 Å². The van der Waals surface area contributed by atoms with Gasteiger partial charge in [0.25, 0.3) is 0 Å². The fourth-order valence-electron chi connectivity index (χ4n) is 3.98. The Kier molecular flexibility index (Phi) is 4.07. The number of carboxylic acid groups (broad SMARTS) is 1. The molecule has 6 heteroatoms. The van der Waals surface area contributed by atoms with Crippen molar-refractivity contribution in [3.63, 3.8) is 0 Å². The van der Waals surface area contributed by atoms with Crippen LogP contribution in [0.15, 0.2) is 16.6 Å². The lowest BCUT2D eigenvalue weighted by Crippen LogP contribution is -2.35. The van der Waals surface area contributed by atoms with Gasteiger partial charge in [-0.3, -0.25) is 9.69 Å². The van der Waals surface area contributed by atoms with E-state index in [4.69, 9.17) is 4.74 Å². The highest BCUT2D eigenvalue weighted by atomic mass is 79.9. The molecule has 5 nitrogen and oxygen atoms in total. The second-order valence-corrected chi connectivity index (χ2v) is 7.19. The normalized spacial score (nSPS) is 27.8. The van der Waals surface area contributed by atoms with Crippen LogP contribution in [0.2, 0.25) is 0 Å². The lowest BCUT2D eigenvalue weighted by molar-refractivity contribution is -0.149. The summed E-state index contributed by atoms with van der Waals surface area (Å²) in [5.41, 5.74) is 0.375. The molecule has 0 aromatic heterocycles. The zero-order chi connectivity index (χ0) is 15.9. The van der Waals surface area contributed by atoms with Crippen molar-refractivity contribution in [3.8, 4) is 11.5 Å². The smallest absolute Gasteiger partial charge is 0.311 e. The van der Waals surface area contributed by atoms with Gasteiger partial charge in [-0.1, -0.05) is 22.4 Å². The van der Waals surface area contributed by atoms with Crippen molar-refractivity contribution in [2.75, 3.05) is 20.2 Å². The molecule has 0 radical (unpaired) electrons. The van der Waals surface area contributed by atoms with Gasteiger partial charge in [0.15, 0.2) is 11.5 Å². The van der Waals surface area contributed by atoms with Crippen molar-refractivity contribution in [2.45, 2.75) is 25.8 Å². The number of methoxy groups -OCH3 is 1. The van der Waals surface area contributed by atoms with E-state index in [1.165, 1.54) is 7.11 Å². The van der Waals surface area contributed by atoms with Gasteiger partial charge >= 0.3 is 5.97 Å². The molecule has 1 heterocycles. The minimum absolute atomic E-state index is 0.105. The van der Waals surface area contributed by atoms with E-state index in [9.17, 15) is 15.0 Å². The summed E-state index contributed by atoms with van der Waals surface area (Å²) in [6, 6.07) is 3.43. The maximum atomic E-state index is 11.7. The van der Waals surface area contributed by atoms with Gasteiger partial charge in [0, 0.05) is 24.1 Å². The molecule has 22 heavy (non-hydrogen) atoms. The maximum Gasteiger partial charge on any atom is 0.311 e. The molecule has 0 unspecified atom stereocenters. The average molecular weight is 370 g/mol. The minimum atomic E-state index is -0.658. The highest BCUT2D eigenvalue weighted by Crippen LogP contribution is 2.49. The summed E-state index contributed by atoms with van der Waals surface area (Å²) in [6.45, 7) is 2.03. The first-order valence-corrected chi connectivity index (χ1v) is 8.26. The van der Waals surface area contributed by atoms with Crippen molar-refractivity contribution >= 4 is 21.9 Å². The Morgan fingerprint density at radius 3 is 2.95 bits per heavy atom. The highest BCUT2D eigenvalue weighted by Gasteiger charge is 2.54. The third kappa shape index (κ3) is 2.48. The molecule has 0 bridgehead atoms. The Bertz CT molecular complexity index is 606. The fourth-order valence-corrected chi connectivity index (χ4v) is 4.42. The van der Waals surface area contributed by atoms with E-state index >= 15 is 0 Å². The van der Waals surface area contributed by atoms with Gasteiger partial charge in [0.1, 0.15) is 0 Å². The van der Waals surface area contributed by atoms with E-state index in [0.29, 0.717) is 18.8 Å². The van der Waals surface area contributed by atoms with E-state index in [2.05, 4.69) is 20.8 Å². The number of phenolic OH excluding ortho intramolecular Hbond substituents is 1. The summed E-state index contributed by atoms with van der Waals surface area (Å²) in [5, 5.41) is 19.6. The molecule has 2 atom stereocenters. The van der Waals surface area contributed by atoms with Crippen LogP contribution in [0, 0.1) is 11.3 Å². The number of hydrogen-bond donors (Lipinski definition) is 2. The number of carboxylic acids is 1. The van der Waals surface area contributed by atoms with Crippen LogP contribution < -0.4 is 4.74 Å². The van der Waals surface area contributed by atoms with Crippen molar-refractivity contribution in [1.29, 1.82) is 0 Å². The van der Waals surface area contributed by atoms with Gasteiger partial charge in [-0.15, -0.1) is 0 Å². The Labute approximate surface area is 138 Å². The third-order valence-corrected chi connectivity index (χ3v) is 5.85. The van der Waals surface area contributed by atoms with E-state index in [0.717, 1.165) is 35.8 Å². The first-order chi connectivity index (χ1) is 10.5. The van der Waals surface area contributed by atoms with Gasteiger partial charge in [0.05, 0.1) is 12.5 Å². The number of benzene rings is 1. The monoisotopic (exact) mass is 369 g/mol. The first kappa shape index (κ1) is 15.6. The number of aliphatic carboxylic acids is 1. The molecule has 120 valence electrons. The molecule has 1 aliphatic carbocycles. The molecule has 0 spiro atoms. The SMILES string of the molecule is COc1cc(Br)c(CN2C[C@@H]3CCC[C@@]3(C(=O)O)C2)cc1O. The van der Waals surface area contributed by atoms with Crippen LogP contribution in [-0.2, 0) is 11.3 Å².